The molecule has 0 bridgehead atoms. The van der Waals surface area contributed by atoms with Crippen LogP contribution >= 0.6 is 0 Å². The first kappa shape index (κ1) is 12.5. The third-order valence-electron chi connectivity index (χ3n) is 3.47. The zero-order valence-electron chi connectivity index (χ0n) is 11.5. The number of hydrogen-bond donors (Lipinski definition) is 1. The Morgan fingerprint density at radius 1 is 0.600 bits per heavy atom. The maximum atomic E-state index is 3.20. The Morgan fingerprint density at radius 2 is 1.20 bits per heavy atom. The molecule has 1 nitrogen and oxygen atoms in total. The fraction of sp³-hybridized carbons (Fsp3) is 0.0526. The molecule has 20 heavy (non-hydrogen) atoms. The Hall–Kier alpha value is -2.54. The fourth-order valence-electron chi connectivity index (χ4n) is 2.45. The summed E-state index contributed by atoms with van der Waals surface area (Å²) in [6.45, 7) is 0. The molecule has 0 amide bonds. The minimum Gasteiger partial charge on any atom is -0.388 e. The van der Waals surface area contributed by atoms with Crippen LogP contribution in [0.1, 0.15) is 0 Å². The van der Waals surface area contributed by atoms with E-state index in [2.05, 4.69) is 78.1 Å². The summed E-state index contributed by atoms with van der Waals surface area (Å²) >= 11 is 0. The molecule has 0 fully saturated rings. The van der Waals surface area contributed by atoms with E-state index in [0.717, 1.165) is 5.69 Å². The molecule has 3 aromatic carbocycles. The summed E-state index contributed by atoms with van der Waals surface area (Å²) in [4.78, 5) is 0. The Balaban J connectivity index is 2.15. The summed E-state index contributed by atoms with van der Waals surface area (Å²) in [7, 11) is 1.95. The van der Waals surface area contributed by atoms with Crippen molar-refractivity contribution in [2.24, 2.45) is 0 Å². The van der Waals surface area contributed by atoms with Crippen molar-refractivity contribution in [3.63, 3.8) is 0 Å². The van der Waals surface area contributed by atoms with Crippen molar-refractivity contribution in [3.8, 4) is 22.3 Å². The van der Waals surface area contributed by atoms with Crippen LogP contribution in [0.15, 0.2) is 78.9 Å². The molecule has 0 atom stereocenters. The van der Waals surface area contributed by atoms with Gasteiger partial charge in [-0.05, 0) is 34.4 Å². The molecule has 0 saturated heterocycles. The van der Waals surface area contributed by atoms with Gasteiger partial charge in [0.1, 0.15) is 0 Å². The maximum Gasteiger partial charge on any atom is 0.0343 e. The summed E-state index contributed by atoms with van der Waals surface area (Å²) in [6, 6.07) is 27.6. The van der Waals surface area contributed by atoms with Crippen molar-refractivity contribution in [2.45, 2.75) is 0 Å². The van der Waals surface area contributed by atoms with Gasteiger partial charge < -0.3 is 5.32 Å². The van der Waals surface area contributed by atoms with Crippen LogP contribution in [0.5, 0.6) is 0 Å². The Labute approximate surface area is 119 Å². The van der Waals surface area contributed by atoms with Crippen molar-refractivity contribution in [1.29, 1.82) is 0 Å². The first-order valence-electron chi connectivity index (χ1n) is 6.81. The molecular weight excluding hydrogens is 242 g/mol. The van der Waals surface area contributed by atoms with Crippen LogP contribution in [0.4, 0.5) is 5.69 Å². The second-order valence-corrected chi connectivity index (χ2v) is 4.74. The molecule has 98 valence electrons. The lowest BCUT2D eigenvalue weighted by Crippen LogP contribution is -1.89. The minimum absolute atomic E-state index is 1.13. The molecule has 0 unspecified atom stereocenters. The smallest absolute Gasteiger partial charge is 0.0343 e. The maximum absolute atomic E-state index is 3.20. The molecule has 0 heterocycles. The summed E-state index contributed by atoms with van der Waals surface area (Å²) in [5.74, 6) is 0. The van der Waals surface area contributed by atoms with E-state index >= 15 is 0 Å². The van der Waals surface area contributed by atoms with Crippen LogP contribution in [0.3, 0.4) is 0 Å². The largest absolute Gasteiger partial charge is 0.388 e. The SMILES string of the molecule is CNc1cccc(-c2ccccc2-c2ccccc2)c1. The third kappa shape index (κ3) is 2.43. The minimum atomic E-state index is 1.13. The van der Waals surface area contributed by atoms with Gasteiger partial charge in [0.25, 0.3) is 0 Å². The highest BCUT2D eigenvalue weighted by Crippen LogP contribution is 2.32. The van der Waals surface area contributed by atoms with E-state index in [-0.39, 0.29) is 0 Å². The van der Waals surface area contributed by atoms with Gasteiger partial charge in [-0.1, -0.05) is 66.7 Å². The number of hydrogen-bond acceptors (Lipinski definition) is 1. The first-order chi connectivity index (χ1) is 9.88. The fourth-order valence-corrected chi connectivity index (χ4v) is 2.45. The Morgan fingerprint density at radius 3 is 1.90 bits per heavy atom. The van der Waals surface area contributed by atoms with Gasteiger partial charge in [-0.2, -0.15) is 0 Å². The van der Waals surface area contributed by atoms with Gasteiger partial charge in [0.05, 0.1) is 0 Å². The number of benzene rings is 3. The molecular formula is C19H17N. The molecule has 3 aromatic rings. The lowest BCUT2D eigenvalue weighted by Gasteiger charge is -2.11. The average Bonchev–Trinajstić information content (AvgIpc) is 2.56. The standard InChI is InChI=1S/C19H17N/c1-20-17-11-7-10-16(14-17)19-13-6-5-12-18(19)15-8-3-2-4-9-15/h2-14,20H,1H3. The summed E-state index contributed by atoms with van der Waals surface area (Å²) in [6.07, 6.45) is 0. The van der Waals surface area contributed by atoms with Crippen molar-refractivity contribution in [3.05, 3.63) is 78.9 Å². The second kappa shape index (κ2) is 5.62. The highest BCUT2D eigenvalue weighted by Gasteiger charge is 2.06. The molecule has 1 N–H and O–H groups in total. The zero-order chi connectivity index (χ0) is 13.8. The molecule has 1 heteroatoms. The summed E-state index contributed by atoms with van der Waals surface area (Å²) in [5, 5.41) is 3.20. The lowest BCUT2D eigenvalue weighted by molar-refractivity contribution is 1.50. The number of nitrogens with one attached hydrogen (secondary N) is 1. The van der Waals surface area contributed by atoms with Crippen molar-refractivity contribution >= 4 is 5.69 Å². The van der Waals surface area contributed by atoms with Gasteiger partial charge >= 0.3 is 0 Å². The van der Waals surface area contributed by atoms with Crippen molar-refractivity contribution in [1.82, 2.24) is 0 Å². The van der Waals surface area contributed by atoms with E-state index in [1.165, 1.54) is 22.3 Å². The van der Waals surface area contributed by atoms with Gasteiger partial charge in [0, 0.05) is 12.7 Å². The van der Waals surface area contributed by atoms with Gasteiger partial charge in [-0.3, -0.25) is 0 Å². The summed E-state index contributed by atoms with van der Waals surface area (Å²) < 4.78 is 0. The van der Waals surface area contributed by atoms with E-state index in [0.29, 0.717) is 0 Å². The van der Waals surface area contributed by atoms with Gasteiger partial charge in [0.2, 0.25) is 0 Å². The van der Waals surface area contributed by atoms with Crippen molar-refractivity contribution < 1.29 is 0 Å². The van der Waals surface area contributed by atoms with Crippen molar-refractivity contribution in [2.75, 3.05) is 12.4 Å². The molecule has 3 rings (SSSR count). The number of rotatable bonds is 3. The van der Waals surface area contributed by atoms with Gasteiger partial charge in [-0.15, -0.1) is 0 Å². The lowest BCUT2D eigenvalue weighted by atomic mass is 9.94. The molecule has 0 aliphatic carbocycles. The highest BCUT2D eigenvalue weighted by atomic mass is 14.8. The molecule has 0 radical (unpaired) electrons. The highest BCUT2D eigenvalue weighted by molar-refractivity contribution is 5.84. The van der Waals surface area contributed by atoms with E-state index in [1.54, 1.807) is 0 Å². The molecule has 0 saturated carbocycles. The predicted octanol–water partition coefficient (Wildman–Crippen LogP) is 5.06. The molecule has 0 aliphatic heterocycles. The quantitative estimate of drug-likeness (QED) is 0.693. The van der Waals surface area contributed by atoms with Crippen LogP contribution in [-0.2, 0) is 0 Å². The van der Waals surface area contributed by atoms with E-state index < -0.39 is 0 Å². The van der Waals surface area contributed by atoms with Crippen LogP contribution in [-0.4, -0.2) is 7.05 Å². The monoisotopic (exact) mass is 259 g/mol. The summed E-state index contributed by atoms with van der Waals surface area (Å²) in [5.41, 5.74) is 6.14. The molecule has 0 aromatic heterocycles. The molecule has 0 aliphatic rings. The molecule has 0 spiro atoms. The van der Waals surface area contributed by atoms with E-state index in [4.69, 9.17) is 0 Å². The van der Waals surface area contributed by atoms with E-state index in [1.807, 2.05) is 13.1 Å². The first-order valence-corrected chi connectivity index (χ1v) is 6.81. The van der Waals surface area contributed by atoms with Crippen LogP contribution in [0.2, 0.25) is 0 Å². The Kier molecular flexibility index (Phi) is 3.51. The Bertz CT molecular complexity index is 702. The normalized spacial score (nSPS) is 10.2. The average molecular weight is 259 g/mol. The van der Waals surface area contributed by atoms with Crippen LogP contribution in [0, 0.1) is 0 Å². The van der Waals surface area contributed by atoms with Gasteiger partial charge in [0.15, 0.2) is 0 Å². The van der Waals surface area contributed by atoms with Crippen LogP contribution < -0.4 is 5.32 Å². The second-order valence-electron chi connectivity index (χ2n) is 4.74. The third-order valence-corrected chi connectivity index (χ3v) is 3.47. The predicted molar refractivity (Wildman–Crippen MR) is 86.9 cm³/mol. The van der Waals surface area contributed by atoms with Gasteiger partial charge in [-0.25, -0.2) is 0 Å². The topological polar surface area (TPSA) is 12.0 Å². The number of anilines is 1. The van der Waals surface area contributed by atoms with E-state index in [9.17, 15) is 0 Å². The zero-order valence-corrected chi connectivity index (χ0v) is 11.5. The van der Waals surface area contributed by atoms with Crippen LogP contribution in [0.25, 0.3) is 22.3 Å².